The van der Waals surface area contributed by atoms with Gasteiger partial charge < -0.3 is 19.3 Å². The Hall–Kier alpha value is -3.66. The monoisotopic (exact) mass is 557 g/mol. The molecule has 11 heteroatoms. The predicted octanol–water partition coefficient (Wildman–Crippen LogP) is 6.59. The van der Waals surface area contributed by atoms with Gasteiger partial charge in [0.25, 0.3) is 0 Å². The molecule has 8 nitrogen and oxygen atoms in total. The maximum atomic E-state index is 11.9. The fourth-order valence-electron chi connectivity index (χ4n) is 3.21. The van der Waals surface area contributed by atoms with Crippen LogP contribution in [0.4, 0.5) is 0 Å². The highest BCUT2D eigenvalue weighted by molar-refractivity contribution is 8.04. The maximum Gasteiger partial charge on any atom is 0.342 e. The number of nitrogens with one attached hydrogen (secondary N) is 1. The molecule has 4 aromatic rings. The van der Waals surface area contributed by atoms with Crippen molar-refractivity contribution in [2.24, 2.45) is 0 Å². The van der Waals surface area contributed by atoms with Crippen molar-refractivity contribution >= 4 is 47.0 Å². The number of H-pyrrole nitrogens is 1. The van der Waals surface area contributed by atoms with Gasteiger partial charge in [-0.3, -0.25) is 5.10 Å². The minimum atomic E-state index is -1.10. The summed E-state index contributed by atoms with van der Waals surface area (Å²) >= 11 is 13.0. The molecule has 4 rings (SSSR count). The number of carbonyl (C=O) groups is 1. The summed E-state index contributed by atoms with van der Waals surface area (Å²) in [6.07, 6.45) is 1.54. The molecule has 37 heavy (non-hydrogen) atoms. The number of hydrogen-bond acceptors (Lipinski definition) is 7. The molecular weight excluding hydrogens is 537 g/mol. The lowest BCUT2D eigenvalue weighted by Crippen LogP contribution is -1.98. The molecular formula is C26H21Cl2N3O5S. The Morgan fingerprint density at radius 2 is 1.70 bits per heavy atom. The second kappa shape index (κ2) is 12.1. The molecule has 0 bridgehead atoms. The molecule has 0 aliphatic carbocycles. The molecule has 0 aliphatic heterocycles. The summed E-state index contributed by atoms with van der Waals surface area (Å²) in [5.41, 5.74) is 2.17. The highest BCUT2D eigenvalue weighted by Crippen LogP contribution is 2.31. The number of hydrogen-bond donors (Lipinski definition) is 2. The van der Waals surface area contributed by atoms with Crippen LogP contribution in [0.5, 0.6) is 17.2 Å². The van der Waals surface area contributed by atoms with Crippen molar-refractivity contribution in [1.82, 2.24) is 15.2 Å². The van der Waals surface area contributed by atoms with Gasteiger partial charge in [0.15, 0.2) is 5.82 Å². The van der Waals surface area contributed by atoms with Crippen LogP contribution in [0.3, 0.4) is 0 Å². The van der Waals surface area contributed by atoms with E-state index in [2.05, 4.69) is 15.2 Å². The van der Waals surface area contributed by atoms with Crippen LogP contribution in [0.15, 0.2) is 70.7 Å². The number of aromatic amines is 1. The normalized spacial score (nSPS) is 11.3. The van der Waals surface area contributed by atoms with E-state index >= 15 is 0 Å². The first kappa shape index (κ1) is 26.4. The number of benzene rings is 3. The van der Waals surface area contributed by atoms with Crippen LogP contribution < -0.4 is 14.2 Å². The molecule has 0 atom stereocenters. The van der Waals surface area contributed by atoms with E-state index in [1.165, 1.54) is 6.08 Å². The number of rotatable bonds is 10. The second-order valence-electron chi connectivity index (χ2n) is 7.58. The van der Waals surface area contributed by atoms with Crippen molar-refractivity contribution in [2.75, 3.05) is 14.2 Å². The average molecular weight is 558 g/mol. The summed E-state index contributed by atoms with van der Waals surface area (Å²) in [6.45, 7) is 0.272. The summed E-state index contributed by atoms with van der Waals surface area (Å²) in [5.74, 6) is 1.15. The van der Waals surface area contributed by atoms with Gasteiger partial charge in [0.1, 0.15) is 28.8 Å². The Morgan fingerprint density at radius 3 is 2.32 bits per heavy atom. The zero-order valence-corrected chi connectivity index (χ0v) is 22.0. The van der Waals surface area contributed by atoms with Crippen molar-refractivity contribution < 1.29 is 24.1 Å². The van der Waals surface area contributed by atoms with Crippen LogP contribution in [-0.2, 0) is 11.4 Å². The largest absolute Gasteiger partial charge is 0.497 e. The van der Waals surface area contributed by atoms with E-state index in [1.54, 1.807) is 74.9 Å². The smallest absolute Gasteiger partial charge is 0.342 e. The number of carboxylic acids is 1. The minimum absolute atomic E-state index is 0.0513. The van der Waals surface area contributed by atoms with E-state index in [0.717, 1.165) is 17.3 Å². The Kier molecular flexibility index (Phi) is 8.60. The molecule has 0 amide bonds. The fraction of sp³-hybridized carbons (Fsp3) is 0.115. The first-order chi connectivity index (χ1) is 17.8. The van der Waals surface area contributed by atoms with Crippen LogP contribution in [0, 0.1) is 0 Å². The molecule has 1 aromatic heterocycles. The van der Waals surface area contributed by atoms with Gasteiger partial charge >= 0.3 is 5.97 Å². The molecule has 0 fully saturated rings. The number of aromatic nitrogens is 3. The highest BCUT2D eigenvalue weighted by Gasteiger charge is 2.15. The number of nitrogens with zero attached hydrogens (tertiary/aromatic N) is 2. The van der Waals surface area contributed by atoms with Gasteiger partial charge in [-0.2, -0.15) is 0 Å². The number of ether oxygens (including phenoxy) is 3. The van der Waals surface area contributed by atoms with E-state index in [9.17, 15) is 9.90 Å². The Labute approximate surface area is 227 Å². The summed E-state index contributed by atoms with van der Waals surface area (Å²) in [5, 5.41) is 18.0. The van der Waals surface area contributed by atoms with Crippen molar-refractivity contribution in [3.8, 4) is 28.6 Å². The summed E-state index contributed by atoms with van der Waals surface area (Å²) in [7, 11) is 3.11. The van der Waals surface area contributed by atoms with Gasteiger partial charge in [-0.25, -0.2) is 9.78 Å². The van der Waals surface area contributed by atoms with Crippen molar-refractivity contribution in [2.45, 2.75) is 11.8 Å². The van der Waals surface area contributed by atoms with Crippen molar-refractivity contribution in [1.29, 1.82) is 0 Å². The lowest BCUT2D eigenvalue weighted by atomic mass is 10.2. The quantitative estimate of drug-likeness (QED) is 0.166. The van der Waals surface area contributed by atoms with E-state index in [0.29, 0.717) is 44.2 Å². The van der Waals surface area contributed by atoms with Gasteiger partial charge in [-0.15, -0.1) is 5.10 Å². The zero-order valence-electron chi connectivity index (χ0n) is 19.7. The van der Waals surface area contributed by atoms with Crippen LogP contribution in [0.25, 0.3) is 17.5 Å². The van der Waals surface area contributed by atoms with Gasteiger partial charge in [-0.1, -0.05) is 41.4 Å². The van der Waals surface area contributed by atoms with Gasteiger partial charge in [-0.05, 0) is 59.8 Å². The van der Waals surface area contributed by atoms with Crippen LogP contribution in [-0.4, -0.2) is 40.5 Å². The molecule has 0 saturated heterocycles. The molecule has 0 radical (unpaired) electrons. The van der Waals surface area contributed by atoms with Crippen LogP contribution in [0.2, 0.25) is 10.0 Å². The highest BCUT2D eigenvalue weighted by atomic mass is 35.5. The van der Waals surface area contributed by atoms with Crippen LogP contribution >= 0.6 is 35.0 Å². The van der Waals surface area contributed by atoms with Crippen molar-refractivity contribution in [3.05, 3.63) is 86.7 Å². The van der Waals surface area contributed by atoms with E-state index in [-0.39, 0.29) is 16.7 Å². The number of methoxy groups -OCH3 is 2. The molecule has 190 valence electrons. The minimum Gasteiger partial charge on any atom is -0.497 e. The Morgan fingerprint density at radius 1 is 1.00 bits per heavy atom. The zero-order chi connectivity index (χ0) is 26.4. The fourth-order valence-corrected chi connectivity index (χ4v) is 4.38. The maximum absolute atomic E-state index is 11.9. The Bertz CT molecular complexity index is 1420. The first-order valence-corrected chi connectivity index (χ1v) is 12.4. The van der Waals surface area contributed by atoms with Crippen molar-refractivity contribution in [3.63, 3.8) is 0 Å². The average Bonchev–Trinajstić information content (AvgIpc) is 3.37. The van der Waals surface area contributed by atoms with Gasteiger partial charge in [0.2, 0.25) is 5.16 Å². The summed E-state index contributed by atoms with van der Waals surface area (Å²) < 4.78 is 16.4. The third kappa shape index (κ3) is 6.97. The number of thioether (sulfide) groups is 1. The summed E-state index contributed by atoms with van der Waals surface area (Å²) in [4.78, 5) is 16.4. The molecule has 2 N–H and O–H groups in total. The lowest BCUT2D eigenvalue weighted by Gasteiger charge is -2.08. The molecule has 0 spiro atoms. The first-order valence-electron chi connectivity index (χ1n) is 10.8. The molecule has 0 unspecified atom stereocenters. The van der Waals surface area contributed by atoms with E-state index in [4.69, 9.17) is 37.4 Å². The number of aliphatic carboxylic acids is 1. The van der Waals surface area contributed by atoms with E-state index < -0.39 is 5.97 Å². The number of carboxylic acid groups (broad SMARTS) is 1. The molecule has 3 aromatic carbocycles. The SMILES string of the molecule is COc1cc(OC)cc(-c2nc(S/C(=C\c3ccc(OCc4ccc(Cl)cc4Cl)cc3)C(=O)O)n[nH]2)c1. The molecule has 0 saturated carbocycles. The van der Waals surface area contributed by atoms with Crippen LogP contribution in [0.1, 0.15) is 11.1 Å². The third-order valence-electron chi connectivity index (χ3n) is 5.09. The number of halogens is 2. The standard InChI is InChI=1S/C26H21Cl2N3O5S/c1-34-20-10-17(11-21(13-20)35-2)24-29-26(31-30-24)37-23(25(32)33)9-15-3-7-19(8-4-15)36-14-16-5-6-18(27)12-22(16)28/h3-13H,14H2,1-2H3,(H,32,33)(H,29,30,31)/b23-9-. The predicted molar refractivity (Wildman–Crippen MR) is 144 cm³/mol. The lowest BCUT2D eigenvalue weighted by molar-refractivity contribution is -0.131. The van der Waals surface area contributed by atoms with E-state index in [1.807, 2.05) is 0 Å². The Balaban J connectivity index is 1.46. The second-order valence-corrected chi connectivity index (χ2v) is 9.43. The molecule has 0 aliphatic rings. The third-order valence-corrected chi connectivity index (χ3v) is 6.55. The van der Waals surface area contributed by atoms with Gasteiger partial charge in [0.05, 0.1) is 14.2 Å². The topological polar surface area (TPSA) is 107 Å². The van der Waals surface area contributed by atoms with Gasteiger partial charge in [0, 0.05) is 27.2 Å². The molecule has 1 heterocycles. The summed E-state index contributed by atoms with van der Waals surface area (Å²) in [6, 6.07) is 17.5.